The van der Waals surface area contributed by atoms with Gasteiger partial charge in [-0.15, -0.1) is 0 Å². The van der Waals surface area contributed by atoms with Crippen LogP contribution in [-0.4, -0.2) is 42.4 Å². The molecule has 0 unspecified atom stereocenters. The van der Waals surface area contributed by atoms with Gasteiger partial charge in [-0.3, -0.25) is 15.0 Å². The van der Waals surface area contributed by atoms with E-state index >= 15 is 0 Å². The molecule has 22 heavy (non-hydrogen) atoms. The molecular formula is C15H22N4O3. The van der Waals surface area contributed by atoms with Crippen molar-refractivity contribution in [2.75, 3.05) is 19.6 Å². The first-order valence-corrected chi connectivity index (χ1v) is 7.17. The van der Waals surface area contributed by atoms with Crippen LogP contribution in [0, 0.1) is 6.92 Å². The number of urea groups is 1. The molecule has 7 heteroatoms. The number of hydrogen-bond acceptors (Lipinski definition) is 3. The van der Waals surface area contributed by atoms with Crippen molar-refractivity contribution in [2.45, 2.75) is 20.8 Å². The van der Waals surface area contributed by atoms with Crippen LogP contribution in [0.15, 0.2) is 24.3 Å². The third-order valence-electron chi connectivity index (χ3n) is 3.16. The lowest BCUT2D eigenvalue weighted by atomic mass is 10.1. The highest BCUT2D eigenvalue weighted by Crippen LogP contribution is 2.05. The predicted molar refractivity (Wildman–Crippen MR) is 83.1 cm³/mol. The molecule has 0 aliphatic carbocycles. The molecule has 0 atom stereocenters. The van der Waals surface area contributed by atoms with Crippen molar-refractivity contribution in [3.63, 3.8) is 0 Å². The summed E-state index contributed by atoms with van der Waals surface area (Å²) in [5.74, 6) is -0.828. The molecule has 0 bridgehead atoms. The Balaban J connectivity index is 2.39. The molecule has 3 N–H and O–H groups in total. The monoisotopic (exact) mass is 306 g/mol. The van der Waals surface area contributed by atoms with E-state index in [0.29, 0.717) is 18.7 Å². The standard InChI is InChI=1S/C15H22N4O3/c1-4-19(5-2)15(22)18-17-13(20)10-16-14(21)12-9-7-6-8-11(12)3/h6-9H,4-5,10H2,1-3H3,(H,16,21)(H,17,20)(H,18,22). The van der Waals surface area contributed by atoms with Crippen LogP contribution in [0.25, 0.3) is 0 Å². The van der Waals surface area contributed by atoms with Crippen LogP contribution < -0.4 is 16.2 Å². The van der Waals surface area contributed by atoms with E-state index in [9.17, 15) is 14.4 Å². The SMILES string of the molecule is CCN(CC)C(=O)NNC(=O)CNC(=O)c1ccccc1C. The maximum atomic E-state index is 11.9. The summed E-state index contributed by atoms with van der Waals surface area (Å²) >= 11 is 0. The molecule has 4 amide bonds. The summed E-state index contributed by atoms with van der Waals surface area (Å²) < 4.78 is 0. The topological polar surface area (TPSA) is 90.5 Å². The molecule has 1 rings (SSSR count). The summed E-state index contributed by atoms with van der Waals surface area (Å²) in [5, 5.41) is 2.50. The summed E-state index contributed by atoms with van der Waals surface area (Å²) in [6.07, 6.45) is 0. The molecule has 0 saturated heterocycles. The normalized spacial score (nSPS) is 9.77. The Labute approximate surface area is 130 Å². The Hall–Kier alpha value is -2.57. The first kappa shape index (κ1) is 17.5. The van der Waals surface area contributed by atoms with Gasteiger partial charge in [0.2, 0.25) is 0 Å². The summed E-state index contributed by atoms with van der Waals surface area (Å²) in [5.41, 5.74) is 5.90. The predicted octanol–water partition coefficient (Wildman–Crippen LogP) is 0.807. The number of hydrogen-bond donors (Lipinski definition) is 3. The highest BCUT2D eigenvalue weighted by Gasteiger charge is 2.12. The molecule has 0 heterocycles. The Bertz CT molecular complexity index is 541. The first-order valence-electron chi connectivity index (χ1n) is 7.17. The fourth-order valence-corrected chi connectivity index (χ4v) is 1.84. The van der Waals surface area contributed by atoms with Gasteiger partial charge in [-0.25, -0.2) is 10.2 Å². The fourth-order valence-electron chi connectivity index (χ4n) is 1.84. The van der Waals surface area contributed by atoms with E-state index in [-0.39, 0.29) is 18.5 Å². The van der Waals surface area contributed by atoms with Crippen molar-refractivity contribution in [3.05, 3.63) is 35.4 Å². The summed E-state index contributed by atoms with van der Waals surface area (Å²) in [4.78, 5) is 36.7. The van der Waals surface area contributed by atoms with Crippen LogP contribution in [0.2, 0.25) is 0 Å². The maximum Gasteiger partial charge on any atom is 0.336 e. The number of nitrogens with one attached hydrogen (secondary N) is 3. The van der Waals surface area contributed by atoms with Crippen LogP contribution in [0.5, 0.6) is 0 Å². The van der Waals surface area contributed by atoms with E-state index in [1.165, 1.54) is 4.90 Å². The third-order valence-corrected chi connectivity index (χ3v) is 3.16. The van der Waals surface area contributed by atoms with Crippen LogP contribution in [0.4, 0.5) is 4.79 Å². The van der Waals surface area contributed by atoms with Crippen molar-refractivity contribution >= 4 is 17.8 Å². The van der Waals surface area contributed by atoms with Crippen molar-refractivity contribution in [3.8, 4) is 0 Å². The fraction of sp³-hybridized carbons (Fsp3) is 0.400. The number of nitrogens with zero attached hydrogens (tertiary/aromatic N) is 1. The van der Waals surface area contributed by atoms with Crippen LogP contribution in [0.1, 0.15) is 29.8 Å². The van der Waals surface area contributed by atoms with Crippen molar-refractivity contribution in [1.82, 2.24) is 21.1 Å². The van der Waals surface area contributed by atoms with Gasteiger partial charge in [-0.1, -0.05) is 18.2 Å². The summed E-state index contributed by atoms with van der Waals surface area (Å²) in [6.45, 7) is 6.37. The Morgan fingerprint density at radius 2 is 1.68 bits per heavy atom. The molecular weight excluding hydrogens is 284 g/mol. The van der Waals surface area contributed by atoms with E-state index in [1.807, 2.05) is 32.9 Å². The van der Waals surface area contributed by atoms with Crippen molar-refractivity contribution in [1.29, 1.82) is 0 Å². The molecule has 1 aromatic carbocycles. The number of carbonyl (C=O) groups excluding carboxylic acids is 3. The van der Waals surface area contributed by atoms with E-state index < -0.39 is 5.91 Å². The average molecular weight is 306 g/mol. The van der Waals surface area contributed by atoms with Crippen molar-refractivity contribution in [2.24, 2.45) is 0 Å². The smallest absolute Gasteiger partial charge is 0.336 e. The second kappa shape index (κ2) is 8.66. The zero-order valence-corrected chi connectivity index (χ0v) is 13.1. The molecule has 0 aliphatic heterocycles. The molecule has 0 aliphatic rings. The Morgan fingerprint density at radius 3 is 2.27 bits per heavy atom. The lowest BCUT2D eigenvalue weighted by Gasteiger charge is -2.19. The third kappa shape index (κ3) is 5.08. The van der Waals surface area contributed by atoms with E-state index in [4.69, 9.17) is 0 Å². The van der Waals surface area contributed by atoms with Crippen LogP contribution in [-0.2, 0) is 4.79 Å². The summed E-state index contributed by atoms with van der Waals surface area (Å²) in [7, 11) is 0. The lowest BCUT2D eigenvalue weighted by Crippen LogP contribution is -2.51. The quantitative estimate of drug-likeness (QED) is 0.703. The highest BCUT2D eigenvalue weighted by atomic mass is 16.2. The number of carbonyl (C=O) groups is 3. The summed E-state index contributed by atoms with van der Waals surface area (Å²) in [6, 6.07) is 6.71. The van der Waals surface area contributed by atoms with Crippen LogP contribution >= 0.6 is 0 Å². The van der Waals surface area contributed by atoms with Gasteiger partial charge in [0.05, 0.1) is 6.54 Å². The molecule has 0 spiro atoms. The zero-order valence-electron chi connectivity index (χ0n) is 13.1. The van der Waals surface area contributed by atoms with Gasteiger partial charge in [0.15, 0.2) is 0 Å². The van der Waals surface area contributed by atoms with E-state index in [0.717, 1.165) is 5.56 Å². The minimum atomic E-state index is -0.498. The van der Waals surface area contributed by atoms with Gasteiger partial charge in [0, 0.05) is 18.7 Å². The number of benzene rings is 1. The number of rotatable bonds is 5. The first-order chi connectivity index (χ1) is 10.5. The largest absolute Gasteiger partial charge is 0.343 e. The molecule has 0 aromatic heterocycles. The van der Waals surface area contributed by atoms with Gasteiger partial charge < -0.3 is 10.2 Å². The second-order valence-corrected chi connectivity index (χ2v) is 4.65. The Kier molecular flexibility index (Phi) is 6.88. The molecule has 0 radical (unpaired) electrons. The minimum Gasteiger partial charge on any atom is -0.343 e. The molecule has 0 fully saturated rings. The van der Waals surface area contributed by atoms with E-state index in [2.05, 4.69) is 16.2 Å². The number of amides is 4. The number of aryl methyl sites for hydroxylation is 1. The zero-order chi connectivity index (χ0) is 16.5. The second-order valence-electron chi connectivity index (χ2n) is 4.65. The maximum absolute atomic E-state index is 11.9. The van der Waals surface area contributed by atoms with Gasteiger partial charge >= 0.3 is 6.03 Å². The van der Waals surface area contributed by atoms with Crippen molar-refractivity contribution < 1.29 is 14.4 Å². The highest BCUT2D eigenvalue weighted by molar-refractivity contribution is 5.97. The van der Waals surface area contributed by atoms with Gasteiger partial charge in [-0.05, 0) is 32.4 Å². The van der Waals surface area contributed by atoms with Gasteiger partial charge in [-0.2, -0.15) is 0 Å². The van der Waals surface area contributed by atoms with Gasteiger partial charge in [0.25, 0.3) is 11.8 Å². The Morgan fingerprint density at radius 1 is 1.05 bits per heavy atom. The van der Waals surface area contributed by atoms with Gasteiger partial charge in [0.1, 0.15) is 0 Å². The molecule has 120 valence electrons. The molecule has 0 saturated carbocycles. The van der Waals surface area contributed by atoms with E-state index in [1.54, 1.807) is 12.1 Å². The minimum absolute atomic E-state index is 0.217. The lowest BCUT2D eigenvalue weighted by molar-refractivity contribution is -0.120. The van der Waals surface area contributed by atoms with Crippen LogP contribution in [0.3, 0.4) is 0 Å². The molecule has 1 aromatic rings. The number of hydrazine groups is 1. The molecule has 7 nitrogen and oxygen atoms in total. The average Bonchev–Trinajstić information content (AvgIpc) is 2.52.